The average Bonchev–Trinajstić information content (AvgIpc) is 2.79. The Morgan fingerprint density at radius 3 is 2.70 bits per heavy atom. The van der Waals surface area contributed by atoms with Gasteiger partial charge >= 0.3 is 5.97 Å². The van der Waals surface area contributed by atoms with Gasteiger partial charge in [-0.3, -0.25) is 4.79 Å². The standard InChI is InChI=1S/C14H26O6/c1-2-3-4-5-6-7-12(18)20-14-11(17)9-19-13(14)10(16)8-15/h10-11,13-17H,2-9H2,1H3/t10-,11-,13-,14-/m1/s1. The lowest BCUT2D eigenvalue weighted by Gasteiger charge is -2.23. The molecule has 1 fully saturated rings. The zero-order valence-electron chi connectivity index (χ0n) is 12.0. The third kappa shape index (κ3) is 5.36. The van der Waals surface area contributed by atoms with E-state index < -0.39 is 37.0 Å². The summed E-state index contributed by atoms with van der Waals surface area (Å²) in [5.74, 6) is -0.397. The van der Waals surface area contributed by atoms with Gasteiger partial charge in [0.2, 0.25) is 0 Å². The van der Waals surface area contributed by atoms with Gasteiger partial charge in [-0.05, 0) is 6.42 Å². The zero-order chi connectivity index (χ0) is 15.0. The first-order valence-corrected chi connectivity index (χ1v) is 7.38. The van der Waals surface area contributed by atoms with Gasteiger partial charge in [0, 0.05) is 6.42 Å². The maximum absolute atomic E-state index is 11.7. The molecule has 1 rings (SSSR count). The first kappa shape index (κ1) is 17.4. The van der Waals surface area contributed by atoms with E-state index in [-0.39, 0.29) is 6.61 Å². The summed E-state index contributed by atoms with van der Waals surface area (Å²) in [5, 5.41) is 28.2. The molecule has 0 aliphatic carbocycles. The quantitative estimate of drug-likeness (QED) is 0.419. The van der Waals surface area contributed by atoms with Crippen molar-refractivity contribution < 1.29 is 29.6 Å². The van der Waals surface area contributed by atoms with Crippen LogP contribution in [0.2, 0.25) is 0 Å². The summed E-state index contributed by atoms with van der Waals surface area (Å²) < 4.78 is 10.3. The Balaban J connectivity index is 2.31. The second-order valence-corrected chi connectivity index (χ2v) is 5.23. The molecular weight excluding hydrogens is 264 g/mol. The number of hydrogen-bond acceptors (Lipinski definition) is 6. The molecule has 1 aliphatic rings. The smallest absolute Gasteiger partial charge is 0.306 e. The van der Waals surface area contributed by atoms with Crippen molar-refractivity contribution >= 4 is 5.97 Å². The molecule has 6 heteroatoms. The summed E-state index contributed by atoms with van der Waals surface area (Å²) in [7, 11) is 0. The molecule has 20 heavy (non-hydrogen) atoms. The van der Waals surface area contributed by atoms with Crippen LogP contribution in [-0.2, 0) is 14.3 Å². The monoisotopic (exact) mass is 290 g/mol. The molecule has 0 aromatic carbocycles. The van der Waals surface area contributed by atoms with Gasteiger partial charge in [0.1, 0.15) is 18.3 Å². The van der Waals surface area contributed by atoms with Crippen molar-refractivity contribution in [1.29, 1.82) is 0 Å². The Morgan fingerprint density at radius 1 is 1.35 bits per heavy atom. The summed E-state index contributed by atoms with van der Waals surface area (Å²) in [4.78, 5) is 11.7. The van der Waals surface area contributed by atoms with E-state index in [0.717, 1.165) is 32.1 Å². The van der Waals surface area contributed by atoms with Crippen molar-refractivity contribution in [2.75, 3.05) is 13.2 Å². The van der Waals surface area contributed by atoms with Crippen LogP contribution in [-0.4, -0.2) is 58.9 Å². The molecule has 3 N–H and O–H groups in total. The topological polar surface area (TPSA) is 96.2 Å². The van der Waals surface area contributed by atoms with Crippen molar-refractivity contribution in [1.82, 2.24) is 0 Å². The summed E-state index contributed by atoms with van der Waals surface area (Å²) in [6, 6.07) is 0. The van der Waals surface area contributed by atoms with E-state index in [1.807, 2.05) is 0 Å². The number of esters is 1. The van der Waals surface area contributed by atoms with Crippen LogP contribution in [0.5, 0.6) is 0 Å². The highest BCUT2D eigenvalue weighted by Crippen LogP contribution is 2.21. The molecule has 1 heterocycles. The fourth-order valence-electron chi connectivity index (χ4n) is 2.28. The fraction of sp³-hybridized carbons (Fsp3) is 0.929. The first-order chi connectivity index (χ1) is 9.60. The van der Waals surface area contributed by atoms with Gasteiger partial charge in [-0.2, -0.15) is 0 Å². The second kappa shape index (κ2) is 9.28. The average molecular weight is 290 g/mol. The Hall–Kier alpha value is -0.690. The summed E-state index contributed by atoms with van der Waals surface area (Å²) in [5.41, 5.74) is 0. The van der Waals surface area contributed by atoms with Gasteiger partial charge in [0.25, 0.3) is 0 Å². The van der Waals surface area contributed by atoms with Crippen LogP contribution in [0.4, 0.5) is 0 Å². The number of aliphatic hydroxyl groups is 3. The van der Waals surface area contributed by atoms with Crippen LogP contribution in [0.15, 0.2) is 0 Å². The number of carbonyl (C=O) groups excluding carboxylic acids is 1. The summed E-state index contributed by atoms with van der Waals surface area (Å²) in [6.07, 6.45) is 1.58. The first-order valence-electron chi connectivity index (χ1n) is 7.38. The van der Waals surface area contributed by atoms with Crippen LogP contribution in [0.3, 0.4) is 0 Å². The van der Waals surface area contributed by atoms with Gasteiger partial charge in [0.15, 0.2) is 6.10 Å². The van der Waals surface area contributed by atoms with Gasteiger partial charge in [-0.15, -0.1) is 0 Å². The number of hydrogen-bond donors (Lipinski definition) is 3. The van der Waals surface area contributed by atoms with Gasteiger partial charge < -0.3 is 24.8 Å². The molecule has 118 valence electrons. The second-order valence-electron chi connectivity index (χ2n) is 5.23. The fourth-order valence-corrected chi connectivity index (χ4v) is 2.28. The molecule has 0 saturated carbocycles. The molecule has 1 aliphatic heterocycles. The highest BCUT2D eigenvalue weighted by atomic mass is 16.6. The molecule has 0 aromatic rings. The van der Waals surface area contributed by atoms with Crippen molar-refractivity contribution in [2.24, 2.45) is 0 Å². The maximum Gasteiger partial charge on any atom is 0.306 e. The van der Waals surface area contributed by atoms with Gasteiger partial charge in [0.05, 0.1) is 13.2 Å². The number of unbranched alkanes of at least 4 members (excludes halogenated alkanes) is 4. The van der Waals surface area contributed by atoms with Crippen LogP contribution in [0.1, 0.15) is 45.4 Å². The number of rotatable bonds is 9. The Kier molecular flexibility index (Phi) is 8.06. The minimum atomic E-state index is -1.16. The SMILES string of the molecule is CCCCCCCC(=O)O[C@H]1[C@@H]([C@H](O)CO)OC[C@H]1O. The Labute approximate surface area is 119 Å². The zero-order valence-corrected chi connectivity index (χ0v) is 12.0. The largest absolute Gasteiger partial charge is 0.457 e. The van der Waals surface area contributed by atoms with Crippen molar-refractivity contribution in [3.63, 3.8) is 0 Å². The predicted molar refractivity (Wildman–Crippen MR) is 72.1 cm³/mol. The van der Waals surface area contributed by atoms with Crippen molar-refractivity contribution in [3.05, 3.63) is 0 Å². The van der Waals surface area contributed by atoms with Crippen LogP contribution in [0.25, 0.3) is 0 Å². The third-order valence-corrected chi connectivity index (χ3v) is 3.48. The molecule has 0 unspecified atom stereocenters. The molecule has 6 nitrogen and oxygen atoms in total. The molecule has 4 atom stereocenters. The normalized spacial score (nSPS) is 27.5. The van der Waals surface area contributed by atoms with Gasteiger partial charge in [-0.25, -0.2) is 0 Å². The number of ether oxygens (including phenoxy) is 2. The molecule has 0 aromatic heterocycles. The molecule has 1 saturated heterocycles. The van der Waals surface area contributed by atoms with E-state index in [0.29, 0.717) is 6.42 Å². The van der Waals surface area contributed by atoms with Crippen LogP contribution >= 0.6 is 0 Å². The van der Waals surface area contributed by atoms with E-state index >= 15 is 0 Å². The van der Waals surface area contributed by atoms with Crippen molar-refractivity contribution in [3.8, 4) is 0 Å². The molecule has 0 amide bonds. The van der Waals surface area contributed by atoms with E-state index in [4.69, 9.17) is 14.6 Å². The lowest BCUT2D eigenvalue weighted by atomic mass is 10.1. The van der Waals surface area contributed by atoms with E-state index in [9.17, 15) is 15.0 Å². The van der Waals surface area contributed by atoms with Crippen molar-refractivity contribution in [2.45, 2.75) is 69.9 Å². The minimum absolute atomic E-state index is 0.00380. The summed E-state index contributed by atoms with van der Waals surface area (Å²) >= 11 is 0. The number of aliphatic hydroxyl groups excluding tert-OH is 3. The minimum Gasteiger partial charge on any atom is -0.457 e. The molecule has 0 spiro atoms. The van der Waals surface area contributed by atoms with Crippen LogP contribution in [0, 0.1) is 0 Å². The van der Waals surface area contributed by atoms with Gasteiger partial charge in [-0.1, -0.05) is 32.6 Å². The highest BCUT2D eigenvalue weighted by molar-refractivity contribution is 5.69. The molecular formula is C14H26O6. The Morgan fingerprint density at radius 2 is 2.05 bits per heavy atom. The van der Waals surface area contributed by atoms with Crippen LogP contribution < -0.4 is 0 Å². The third-order valence-electron chi connectivity index (χ3n) is 3.48. The molecule has 0 radical (unpaired) electrons. The van der Waals surface area contributed by atoms with E-state index in [1.54, 1.807) is 0 Å². The number of carbonyl (C=O) groups is 1. The lowest BCUT2D eigenvalue weighted by molar-refractivity contribution is -0.160. The Bertz CT molecular complexity index is 283. The lowest BCUT2D eigenvalue weighted by Crippen LogP contribution is -2.43. The van der Waals surface area contributed by atoms with E-state index in [1.165, 1.54) is 0 Å². The predicted octanol–water partition coefficient (Wildman–Crippen LogP) is 0.372. The highest BCUT2D eigenvalue weighted by Gasteiger charge is 2.42. The maximum atomic E-state index is 11.7. The summed E-state index contributed by atoms with van der Waals surface area (Å²) in [6.45, 7) is 1.63. The molecule has 0 bridgehead atoms. The van der Waals surface area contributed by atoms with E-state index in [2.05, 4.69) is 6.92 Å².